The van der Waals surface area contributed by atoms with Crippen LogP contribution in [0.25, 0.3) is 55.8 Å². The molecule has 1 aliphatic rings. The molecule has 0 spiro atoms. The molecule has 3 heteroatoms. The first-order chi connectivity index (χ1) is 21.6. The minimum Gasteiger partial charge on any atom is -0.457 e. The van der Waals surface area contributed by atoms with E-state index in [4.69, 9.17) is 14.7 Å². The van der Waals surface area contributed by atoms with Crippen molar-refractivity contribution < 1.29 is 4.74 Å². The van der Waals surface area contributed by atoms with Crippen LogP contribution in [-0.4, -0.2) is 9.97 Å². The maximum atomic E-state index is 6.40. The van der Waals surface area contributed by atoms with Gasteiger partial charge in [0, 0.05) is 33.1 Å². The van der Waals surface area contributed by atoms with Gasteiger partial charge in [-0.2, -0.15) is 0 Å². The number of nitrogens with zero attached hydrogens (tertiary/aromatic N) is 2. The van der Waals surface area contributed by atoms with E-state index in [0.717, 1.165) is 56.2 Å². The summed E-state index contributed by atoms with van der Waals surface area (Å²) in [7, 11) is 0. The predicted molar refractivity (Wildman–Crippen MR) is 180 cm³/mol. The van der Waals surface area contributed by atoms with Crippen LogP contribution < -0.4 is 4.74 Å². The summed E-state index contributed by atoms with van der Waals surface area (Å²) in [5.74, 6) is 2.58. The molecular formula is C41H30N2O. The largest absolute Gasteiger partial charge is 0.457 e. The third kappa shape index (κ3) is 4.37. The Labute approximate surface area is 257 Å². The lowest BCUT2D eigenvalue weighted by atomic mass is 9.73. The topological polar surface area (TPSA) is 35.0 Å². The molecule has 1 aromatic heterocycles. The number of rotatable bonds is 4. The molecular weight excluding hydrogens is 536 g/mol. The molecule has 1 aliphatic heterocycles. The van der Waals surface area contributed by atoms with Crippen LogP contribution in [0.4, 0.5) is 0 Å². The van der Waals surface area contributed by atoms with Gasteiger partial charge in [-0.15, -0.1) is 0 Å². The number of aromatic nitrogens is 2. The lowest BCUT2D eigenvalue weighted by Crippen LogP contribution is -2.25. The van der Waals surface area contributed by atoms with E-state index in [1.807, 2.05) is 36.4 Å². The SMILES string of the molecule is CC1(C)c2ccccc2Oc2cccc(-c3cccc(-c4ccc(-c5nc(-c6ccccc6)c6ccccc6n5)cc4)c3)c21. The van der Waals surface area contributed by atoms with Crippen molar-refractivity contribution in [1.82, 2.24) is 9.97 Å². The molecule has 8 rings (SSSR count). The standard InChI is InChI=1S/C41H30N2O/c1-41(2)34-18-7-9-20-36(34)44-37-21-11-17-32(38(37)41)31-15-10-14-30(26-31)27-22-24-29(25-23-27)40-42-35-19-8-6-16-33(35)39(43-40)28-12-4-3-5-13-28/h3-26H,1-2H3. The van der Waals surface area contributed by atoms with Crippen LogP contribution in [0.2, 0.25) is 0 Å². The number of benzene rings is 6. The second kappa shape index (κ2) is 10.3. The van der Waals surface area contributed by atoms with E-state index in [-0.39, 0.29) is 5.41 Å². The Bertz CT molecular complexity index is 2160. The van der Waals surface area contributed by atoms with Crippen molar-refractivity contribution in [3.63, 3.8) is 0 Å². The zero-order valence-electron chi connectivity index (χ0n) is 24.7. The van der Waals surface area contributed by atoms with Crippen LogP contribution in [0.3, 0.4) is 0 Å². The molecule has 0 aliphatic carbocycles. The summed E-state index contributed by atoms with van der Waals surface area (Å²) in [5, 5.41) is 1.05. The lowest BCUT2D eigenvalue weighted by Gasteiger charge is -2.36. The third-order valence-corrected chi connectivity index (χ3v) is 8.73. The van der Waals surface area contributed by atoms with E-state index in [0.29, 0.717) is 0 Å². The van der Waals surface area contributed by atoms with Gasteiger partial charge >= 0.3 is 0 Å². The van der Waals surface area contributed by atoms with Crippen LogP contribution in [0, 0.1) is 0 Å². The van der Waals surface area contributed by atoms with Crippen molar-refractivity contribution >= 4 is 10.9 Å². The summed E-state index contributed by atoms with van der Waals surface area (Å²) < 4.78 is 6.40. The Morgan fingerprint density at radius 2 is 1.16 bits per heavy atom. The molecule has 0 fully saturated rings. The molecule has 6 aromatic carbocycles. The van der Waals surface area contributed by atoms with Gasteiger partial charge in [0.25, 0.3) is 0 Å². The molecule has 0 atom stereocenters. The Kier molecular flexibility index (Phi) is 6.13. The fraction of sp³-hybridized carbons (Fsp3) is 0.0732. The van der Waals surface area contributed by atoms with E-state index in [1.54, 1.807) is 0 Å². The molecule has 0 saturated carbocycles. The number of hydrogen-bond acceptors (Lipinski definition) is 3. The monoisotopic (exact) mass is 566 g/mol. The van der Waals surface area contributed by atoms with Crippen molar-refractivity contribution in [2.75, 3.05) is 0 Å². The number of hydrogen-bond donors (Lipinski definition) is 0. The molecule has 0 N–H and O–H groups in total. The van der Waals surface area contributed by atoms with Crippen LogP contribution >= 0.6 is 0 Å². The number of ether oxygens (including phenoxy) is 1. The highest BCUT2D eigenvalue weighted by molar-refractivity contribution is 5.93. The summed E-state index contributed by atoms with van der Waals surface area (Å²) in [4.78, 5) is 9.98. The maximum absolute atomic E-state index is 6.40. The molecule has 0 unspecified atom stereocenters. The Morgan fingerprint density at radius 1 is 0.500 bits per heavy atom. The molecule has 0 amide bonds. The zero-order chi connectivity index (χ0) is 29.7. The first-order valence-electron chi connectivity index (χ1n) is 15.0. The second-order valence-electron chi connectivity index (χ2n) is 11.8. The van der Waals surface area contributed by atoms with E-state index < -0.39 is 0 Å². The second-order valence-corrected chi connectivity index (χ2v) is 11.8. The molecule has 3 nitrogen and oxygen atoms in total. The van der Waals surface area contributed by atoms with Gasteiger partial charge in [0.05, 0.1) is 11.2 Å². The summed E-state index contributed by atoms with van der Waals surface area (Å²) >= 11 is 0. The number of para-hydroxylation sites is 2. The first-order valence-corrected chi connectivity index (χ1v) is 15.0. The van der Waals surface area contributed by atoms with Gasteiger partial charge in [0.2, 0.25) is 0 Å². The molecule has 44 heavy (non-hydrogen) atoms. The van der Waals surface area contributed by atoms with E-state index in [2.05, 4.69) is 123 Å². The van der Waals surface area contributed by atoms with Crippen molar-refractivity contribution in [3.05, 3.63) is 157 Å². The summed E-state index contributed by atoms with van der Waals surface area (Å²) in [5.41, 5.74) is 10.9. The molecule has 0 radical (unpaired) electrons. The van der Waals surface area contributed by atoms with Gasteiger partial charge in [-0.25, -0.2) is 9.97 Å². The zero-order valence-corrected chi connectivity index (χ0v) is 24.7. The molecule has 210 valence electrons. The summed E-state index contributed by atoms with van der Waals surface area (Å²) in [6.07, 6.45) is 0. The Hall–Kier alpha value is -5.54. The summed E-state index contributed by atoms with van der Waals surface area (Å²) in [6.45, 7) is 4.58. The number of fused-ring (bicyclic) bond motifs is 3. The molecule has 0 saturated heterocycles. The van der Waals surface area contributed by atoms with Gasteiger partial charge in [-0.3, -0.25) is 0 Å². The van der Waals surface area contributed by atoms with E-state index in [1.165, 1.54) is 22.3 Å². The lowest BCUT2D eigenvalue weighted by molar-refractivity contribution is 0.419. The minimum absolute atomic E-state index is 0.198. The quantitative estimate of drug-likeness (QED) is 0.213. The van der Waals surface area contributed by atoms with Crippen LogP contribution in [0.1, 0.15) is 25.0 Å². The van der Waals surface area contributed by atoms with Crippen LogP contribution in [0.15, 0.2) is 146 Å². The highest BCUT2D eigenvalue weighted by atomic mass is 16.5. The molecule has 7 aromatic rings. The highest BCUT2D eigenvalue weighted by Crippen LogP contribution is 2.51. The Balaban J connectivity index is 1.17. The van der Waals surface area contributed by atoms with Gasteiger partial charge < -0.3 is 4.74 Å². The van der Waals surface area contributed by atoms with Crippen LogP contribution in [-0.2, 0) is 5.41 Å². The average Bonchev–Trinajstić information content (AvgIpc) is 3.08. The van der Waals surface area contributed by atoms with Gasteiger partial charge in [-0.1, -0.05) is 135 Å². The normalized spacial score (nSPS) is 13.1. The van der Waals surface area contributed by atoms with E-state index >= 15 is 0 Å². The van der Waals surface area contributed by atoms with Gasteiger partial charge in [0.1, 0.15) is 11.5 Å². The maximum Gasteiger partial charge on any atom is 0.160 e. The smallest absolute Gasteiger partial charge is 0.160 e. The fourth-order valence-corrected chi connectivity index (χ4v) is 6.53. The molecule has 2 heterocycles. The van der Waals surface area contributed by atoms with Crippen molar-refractivity contribution in [1.29, 1.82) is 0 Å². The molecule has 0 bridgehead atoms. The average molecular weight is 567 g/mol. The fourth-order valence-electron chi connectivity index (χ4n) is 6.53. The van der Waals surface area contributed by atoms with Crippen molar-refractivity contribution in [3.8, 4) is 56.4 Å². The predicted octanol–water partition coefficient (Wildman–Crippen LogP) is 10.7. The minimum atomic E-state index is -0.198. The summed E-state index contributed by atoms with van der Waals surface area (Å²) in [6, 6.07) is 50.6. The highest BCUT2D eigenvalue weighted by Gasteiger charge is 2.36. The first kappa shape index (κ1) is 26.1. The van der Waals surface area contributed by atoms with Crippen LogP contribution in [0.5, 0.6) is 11.5 Å². The van der Waals surface area contributed by atoms with E-state index in [9.17, 15) is 0 Å². The van der Waals surface area contributed by atoms with Crippen molar-refractivity contribution in [2.45, 2.75) is 19.3 Å². The Morgan fingerprint density at radius 3 is 2.02 bits per heavy atom. The van der Waals surface area contributed by atoms with Gasteiger partial charge in [-0.05, 0) is 46.5 Å². The third-order valence-electron chi connectivity index (χ3n) is 8.73. The van der Waals surface area contributed by atoms with Crippen molar-refractivity contribution in [2.24, 2.45) is 0 Å². The van der Waals surface area contributed by atoms with Gasteiger partial charge in [0.15, 0.2) is 5.82 Å².